The van der Waals surface area contributed by atoms with Crippen LogP contribution in [0.3, 0.4) is 0 Å². The highest BCUT2D eigenvalue weighted by molar-refractivity contribution is 5.47. The molecule has 0 radical (unpaired) electrons. The highest BCUT2D eigenvalue weighted by Crippen LogP contribution is 2.17. The molecule has 4 heteroatoms. The van der Waals surface area contributed by atoms with E-state index in [2.05, 4.69) is 10.4 Å². The van der Waals surface area contributed by atoms with Gasteiger partial charge in [0.15, 0.2) is 0 Å². The average molecular weight is 219 g/mol. The Kier molecular flexibility index (Phi) is 2.90. The van der Waals surface area contributed by atoms with Crippen molar-refractivity contribution < 1.29 is 4.39 Å². The summed E-state index contributed by atoms with van der Waals surface area (Å²) >= 11 is 0. The highest BCUT2D eigenvalue weighted by atomic mass is 19.1. The van der Waals surface area contributed by atoms with Crippen LogP contribution in [0.1, 0.15) is 11.3 Å². The molecule has 1 N–H and O–H groups in total. The van der Waals surface area contributed by atoms with Crippen molar-refractivity contribution in [1.82, 2.24) is 9.78 Å². The third-order valence-corrected chi connectivity index (χ3v) is 2.57. The summed E-state index contributed by atoms with van der Waals surface area (Å²) < 4.78 is 15.4. The van der Waals surface area contributed by atoms with Crippen LogP contribution < -0.4 is 5.32 Å². The Labute approximate surface area is 93.9 Å². The third-order valence-electron chi connectivity index (χ3n) is 2.57. The van der Waals surface area contributed by atoms with Gasteiger partial charge in [-0.25, -0.2) is 4.39 Å². The van der Waals surface area contributed by atoms with E-state index < -0.39 is 0 Å². The van der Waals surface area contributed by atoms with E-state index in [0.29, 0.717) is 17.8 Å². The molecule has 16 heavy (non-hydrogen) atoms. The molecule has 0 saturated heterocycles. The molecule has 2 aromatic rings. The van der Waals surface area contributed by atoms with Crippen LogP contribution in [0.4, 0.5) is 10.1 Å². The van der Waals surface area contributed by atoms with Gasteiger partial charge < -0.3 is 5.32 Å². The fourth-order valence-electron chi connectivity index (χ4n) is 1.54. The largest absolute Gasteiger partial charge is 0.377 e. The fourth-order valence-corrected chi connectivity index (χ4v) is 1.54. The van der Waals surface area contributed by atoms with E-state index in [1.165, 1.54) is 0 Å². The van der Waals surface area contributed by atoms with Crippen LogP contribution in [0, 0.1) is 12.7 Å². The van der Waals surface area contributed by atoms with E-state index in [9.17, 15) is 4.39 Å². The molecule has 1 aromatic heterocycles. The molecule has 0 atom stereocenters. The van der Waals surface area contributed by atoms with Gasteiger partial charge in [-0.15, -0.1) is 0 Å². The second kappa shape index (κ2) is 4.35. The van der Waals surface area contributed by atoms with E-state index in [-0.39, 0.29) is 5.82 Å². The third kappa shape index (κ3) is 2.05. The van der Waals surface area contributed by atoms with Crippen molar-refractivity contribution in [3.63, 3.8) is 0 Å². The highest BCUT2D eigenvalue weighted by Gasteiger charge is 2.04. The summed E-state index contributed by atoms with van der Waals surface area (Å²) in [5, 5.41) is 7.11. The number of rotatable bonds is 3. The van der Waals surface area contributed by atoms with Gasteiger partial charge in [-0.1, -0.05) is 12.1 Å². The molecular formula is C12H14FN3. The lowest BCUT2D eigenvalue weighted by Crippen LogP contribution is -2.06. The van der Waals surface area contributed by atoms with Gasteiger partial charge in [0.05, 0.1) is 17.9 Å². The van der Waals surface area contributed by atoms with Crippen LogP contribution in [0.25, 0.3) is 0 Å². The molecule has 0 spiro atoms. The first-order valence-corrected chi connectivity index (χ1v) is 5.14. The lowest BCUT2D eigenvalue weighted by Gasteiger charge is -2.08. The van der Waals surface area contributed by atoms with Gasteiger partial charge in [0.1, 0.15) is 5.82 Å². The molecule has 2 rings (SSSR count). The van der Waals surface area contributed by atoms with E-state index in [0.717, 1.165) is 5.69 Å². The summed E-state index contributed by atoms with van der Waals surface area (Å²) in [6.07, 6.45) is 1.73. The molecule has 0 aliphatic carbocycles. The zero-order chi connectivity index (χ0) is 11.5. The van der Waals surface area contributed by atoms with E-state index in [1.54, 1.807) is 29.9 Å². The molecule has 0 bridgehead atoms. The van der Waals surface area contributed by atoms with Gasteiger partial charge in [0.25, 0.3) is 0 Å². The molecule has 0 saturated carbocycles. The maximum Gasteiger partial charge on any atom is 0.149 e. The molecule has 3 nitrogen and oxygen atoms in total. The Bertz CT molecular complexity index is 491. The van der Waals surface area contributed by atoms with Crippen molar-refractivity contribution >= 4 is 5.69 Å². The number of aryl methyl sites for hydroxylation is 2. The number of nitrogens with zero attached hydrogens (tertiary/aromatic N) is 2. The lowest BCUT2D eigenvalue weighted by atomic mass is 10.2. The van der Waals surface area contributed by atoms with Crippen LogP contribution in [-0.4, -0.2) is 9.78 Å². The van der Waals surface area contributed by atoms with Gasteiger partial charge in [0, 0.05) is 13.2 Å². The molecule has 1 heterocycles. The van der Waals surface area contributed by atoms with Crippen molar-refractivity contribution in [2.45, 2.75) is 13.5 Å². The Morgan fingerprint density at radius 1 is 1.38 bits per heavy atom. The molecule has 84 valence electrons. The van der Waals surface area contributed by atoms with Crippen LogP contribution in [0.2, 0.25) is 0 Å². The predicted octanol–water partition coefficient (Wildman–Crippen LogP) is 2.48. The smallest absolute Gasteiger partial charge is 0.149 e. The lowest BCUT2D eigenvalue weighted by molar-refractivity contribution is 0.620. The van der Waals surface area contributed by atoms with Crippen molar-refractivity contribution in [3.05, 3.63) is 47.5 Å². The molecular weight excluding hydrogens is 205 g/mol. The van der Waals surface area contributed by atoms with Crippen molar-refractivity contribution in [2.24, 2.45) is 7.05 Å². The number of nitrogens with one attached hydrogen (secondary N) is 1. The first kappa shape index (κ1) is 10.7. The summed E-state index contributed by atoms with van der Waals surface area (Å²) in [5.41, 5.74) is 2.19. The van der Waals surface area contributed by atoms with Crippen LogP contribution in [0.5, 0.6) is 0 Å². The summed E-state index contributed by atoms with van der Waals surface area (Å²) in [4.78, 5) is 0. The summed E-state index contributed by atoms with van der Waals surface area (Å²) in [6, 6.07) is 7.23. The van der Waals surface area contributed by atoms with Gasteiger partial charge in [0.2, 0.25) is 0 Å². The van der Waals surface area contributed by atoms with Crippen LogP contribution >= 0.6 is 0 Å². The van der Waals surface area contributed by atoms with Gasteiger partial charge in [-0.3, -0.25) is 4.68 Å². The Hall–Kier alpha value is -1.84. The number of halogens is 1. The number of hydrogen-bond donors (Lipinski definition) is 1. The van der Waals surface area contributed by atoms with Gasteiger partial charge in [-0.05, 0) is 24.6 Å². The molecule has 0 amide bonds. The molecule has 0 fully saturated rings. The van der Waals surface area contributed by atoms with E-state index >= 15 is 0 Å². The average Bonchev–Trinajstić information content (AvgIpc) is 2.67. The second-order valence-corrected chi connectivity index (χ2v) is 3.74. The monoisotopic (exact) mass is 219 g/mol. The molecule has 0 aliphatic rings. The first-order valence-electron chi connectivity index (χ1n) is 5.14. The topological polar surface area (TPSA) is 29.9 Å². The van der Waals surface area contributed by atoms with Crippen molar-refractivity contribution in [1.29, 1.82) is 0 Å². The minimum atomic E-state index is -0.190. The van der Waals surface area contributed by atoms with Crippen molar-refractivity contribution in [3.8, 4) is 0 Å². The van der Waals surface area contributed by atoms with E-state index in [1.807, 2.05) is 19.2 Å². The van der Waals surface area contributed by atoms with Gasteiger partial charge >= 0.3 is 0 Å². The van der Waals surface area contributed by atoms with Gasteiger partial charge in [-0.2, -0.15) is 5.10 Å². The number of aromatic nitrogens is 2. The Balaban J connectivity index is 2.11. The Morgan fingerprint density at radius 3 is 2.88 bits per heavy atom. The van der Waals surface area contributed by atoms with Crippen LogP contribution in [-0.2, 0) is 13.6 Å². The predicted molar refractivity (Wildman–Crippen MR) is 61.7 cm³/mol. The first-order chi connectivity index (χ1) is 7.68. The minimum Gasteiger partial charge on any atom is -0.377 e. The molecule has 0 unspecified atom stereocenters. The number of hydrogen-bond acceptors (Lipinski definition) is 2. The number of anilines is 1. The zero-order valence-electron chi connectivity index (χ0n) is 9.37. The molecule has 1 aromatic carbocycles. The SMILES string of the molecule is Cc1cccc(NCc2ccnn2C)c1F. The number of benzene rings is 1. The maximum absolute atomic E-state index is 13.6. The second-order valence-electron chi connectivity index (χ2n) is 3.74. The zero-order valence-corrected chi connectivity index (χ0v) is 9.37. The Morgan fingerprint density at radius 2 is 2.19 bits per heavy atom. The maximum atomic E-state index is 13.6. The normalized spacial score (nSPS) is 10.4. The van der Waals surface area contributed by atoms with Crippen molar-refractivity contribution in [2.75, 3.05) is 5.32 Å². The minimum absolute atomic E-state index is 0.190. The van der Waals surface area contributed by atoms with Crippen LogP contribution in [0.15, 0.2) is 30.5 Å². The summed E-state index contributed by atoms with van der Waals surface area (Å²) in [7, 11) is 1.86. The standard InChI is InChI=1S/C12H14FN3/c1-9-4-3-5-11(12(9)13)14-8-10-6-7-15-16(10)2/h3-7,14H,8H2,1-2H3. The fraction of sp³-hybridized carbons (Fsp3) is 0.250. The van der Waals surface area contributed by atoms with E-state index in [4.69, 9.17) is 0 Å². The molecule has 0 aliphatic heterocycles. The summed E-state index contributed by atoms with van der Waals surface area (Å²) in [5.74, 6) is -0.190. The quantitative estimate of drug-likeness (QED) is 0.859. The summed E-state index contributed by atoms with van der Waals surface area (Å²) in [6.45, 7) is 2.32.